The van der Waals surface area contributed by atoms with E-state index >= 15 is 0 Å². The highest BCUT2D eigenvalue weighted by molar-refractivity contribution is 6.42. The second kappa shape index (κ2) is 7.03. The van der Waals surface area contributed by atoms with Crippen LogP contribution in [0.4, 0.5) is 5.69 Å². The predicted molar refractivity (Wildman–Crippen MR) is 97.4 cm³/mol. The van der Waals surface area contributed by atoms with Gasteiger partial charge in [-0.3, -0.25) is 19.9 Å². The van der Waals surface area contributed by atoms with Gasteiger partial charge in [-0.05, 0) is 42.5 Å². The van der Waals surface area contributed by atoms with Crippen molar-refractivity contribution in [1.82, 2.24) is 9.97 Å². The first-order chi connectivity index (χ1) is 12.3. The standard InChI is InChI=1S/C16H9Cl2N3O5/c17-10-4-1-8(7-11(10)18)13-6-3-9(26-13)2-5-12-14(21(24)25)15(22)20-16(23)19-12/h1-7H,(H2,19,20,22,23). The third-order valence-electron chi connectivity index (χ3n) is 3.37. The maximum atomic E-state index is 11.6. The summed E-state index contributed by atoms with van der Waals surface area (Å²) >= 11 is 11.8. The van der Waals surface area contributed by atoms with Gasteiger partial charge in [-0.25, -0.2) is 4.79 Å². The Morgan fingerprint density at radius 2 is 1.81 bits per heavy atom. The van der Waals surface area contributed by atoms with Crippen LogP contribution in [0.25, 0.3) is 23.5 Å². The Hall–Kier alpha value is -3.10. The summed E-state index contributed by atoms with van der Waals surface area (Å²) in [6.45, 7) is 0. The smallest absolute Gasteiger partial charge is 0.357 e. The molecule has 0 saturated carbocycles. The minimum Gasteiger partial charge on any atom is -0.457 e. The Balaban J connectivity index is 1.95. The molecule has 8 nitrogen and oxygen atoms in total. The Labute approximate surface area is 154 Å². The van der Waals surface area contributed by atoms with Gasteiger partial charge < -0.3 is 9.40 Å². The molecule has 132 valence electrons. The first kappa shape index (κ1) is 17.7. The van der Waals surface area contributed by atoms with E-state index in [1.165, 1.54) is 12.2 Å². The number of rotatable bonds is 4. The van der Waals surface area contributed by atoms with Crippen molar-refractivity contribution >= 4 is 41.0 Å². The monoisotopic (exact) mass is 393 g/mol. The molecule has 0 radical (unpaired) electrons. The number of halogens is 2. The van der Waals surface area contributed by atoms with Crippen molar-refractivity contribution in [3.8, 4) is 11.3 Å². The molecule has 0 aliphatic carbocycles. The summed E-state index contributed by atoms with van der Waals surface area (Å²) < 4.78 is 5.61. The molecule has 0 bridgehead atoms. The summed E-state index contributed by atoms with van der Waals surface area (Å²) in [5.74, 6) is 0.846. The highest BCUT2D eigenvalue weighted by Gasteiger charge is 2.18. The van der Waals surface area contributed by atoms with Crippen molar-refractivity contribution in [2.24, 2.45) is 0 Å². The molecule has 3 rings (SSSR count). The van der Waals surface area contributed by atoms with Gasteiger partial charge >= 0.3 is 16.9 Å². The van der Waals surface area contributed by atoms with Crippen molar-refractivity contribution in [2.45, 2.75) is 0 Å². The summed E-state index contributed by atoms with van der Waals surface area (Å²) in [4.78, 5) is 37.0. The van der Waals surface area contributed by atoms with Crippen LogP contribution in [0.5, 0.6) is 0 Å². The Morgan fingerprint density at radius 1 is 1.04 bits per heavy atom. The van der Waals surface area contributed by atoms with Gasteiger partial charge in [-0.1, -0.05) is 23.2 Å². The molecule has 0 aliphatic rings. The van der Waals surface area contributed by atoms with E-state index in [1.807, 2.05) is 0 Å². The highest BCUT2D eigenvalue weighted by Crippen LogP contribution is 2.30. The lowest BCUT2D eigenvalue weighted by molar-refractivity contribution is -0.386. The van der Waals surface area contributed by atoms with E-state index in [0.29, 0.717) is 27.1 Å². The third-order valence-corrected chi connectivity index (χ3v) is 4.11. The Morgan fingerprint density at radius 3 is 2.50 bits per heavy atom. The average molecular weight is 394 g/mol. The van der Waals surface area contributed by atoms with Crippen LogP contribution in [0.2, 0.25) is 10.0 Å². The molecule has 0 spiro atoms. The van der Waals surface area contributed by atoms with Crippen LogP contribution in [0.3, 0.4) is 0 Å². The van der Waals surface area contributed by atoms with Gasteiger partial charge in [-0.15, -0.1) is 0 Å². The van der Waals surface area contributed by atoms with Crippen LogP contribution in [-0.4, -0.2) is 14.9 Å². The molecule has 2 N–H and O–H groups in total. The first-order valence-corrected chi connectivity index (χ1v) is 7.85. The van der Waals surface area contributed by atoms with E-state index in [2.05, 4.69) is 4.98 Å². The zero-order chi connectivity index (χ0) is 18.8. The van der Waals surface area contributed by atoms with Gasteiger partial charge in [0.25, 0.3) is 0 Å². The molecule has 0 unspecified atom stereocenters. The van der Waals surface area contributed by atoms with E-state index in [4.69, 9.17) is 27.6 Å². The predicted octanol–water partition coefficient (Wildman–Crippen LogP) is 3.71. The van der Waals surface area contributed by atoms with Crippen LogP contribution < -0.4 is 11.2 Å². The number of furan rings is 1. The quantitative estimate of drug-likeness (QED) is 0.516. The van der Waals surface area contributed by atoms with Gasteiger partial charge in [0.1, 0.15) is 17.2 Å². The largest absolute Gasteiger partial charge is 0.457 e. The van der Waals surface area contributed by atoms with Crippen LogP contribution in [0.15, 0.2) is 44.3 Å². The number of nitro groups is 1. The third kappa shape index (κ3) is 3.61. The topological polar surface area (TPSA) is 122 Å². The molecule has 0 aliphatic heterocycles. The van der Waals surface area contributed by atoms with Crippen LogP contribution in [-0.2, 0) is 0 Å². The molecule has 0 fully saturated rings. The van der Waals surface area contributed by atoms with Crippen molar-refractivity contribution in [2.75, 3.05) is 0 Å². The van der Waals surface area contributed by atoms with E-state index in [0.717, 1.165) is 0 Å². The summed E-state index contributed by atoms with van der Waals surface area (Å²) in [5, 5.41) is 11.8. The molecule has 2 aromatic heterocycles. The molecular formula is C16H9Cl2N3O5. The van der Waals surface area contributed by atoms with Crippen LogP contribution >= 0.6 is 23.2 Å². The molecule has 26 heavy (non-hydrogen) atoms. The number of aromatic amines is 2. The van der Waals surface area contributed by atoms with E-state index in [1.54, 1.807) is 35.3 Å². The van der Waals surface area contributed by atoms with E-state index in [-0.39, 0.29) is 5.69 Å². The first-order valence-electron chi connectivity index (χ1n) is 7.09. The maximum absolute atomic E-state index is 11.6. The summed E-state index contributed by atoms with van der Waals surface area (Å²) in [6.07, 6.45) is 2.60. The van der Waals surface area contributed by atoms with E-state index < -0.39 is 21.9 Å². The number of nitrogens with one attached hydrogen (secondary N) is 2. The zero-order valence-electron chi connectivity index (χ0n) is 12.8. The number of hydrogen-bond acceptors (Lipinski definition) is 5. The molecule has 2 heterocycles. The number of hydrogen-bond donors (Lipinski definition) is 2. The fraction of sp³-hybridized carbons (Fsp3) is 0. The van der Waals surface area contributed by atoms with Crippen molar-refractivity contribution < 1.29 is 9.34 Å². The minimum absolute atomic E-state index is 0.240. The molecule has 0 amide bonds. The maximum Gasteiger partial charge on any atom is 0.357 e. The van der Waals surface area contributed by atoms with Crippen molar-refractivity contribution in [3.63, 3.8) is 0 Å². The minimum atomic E-state index is -1.09. The summed E-state index contributed by atoms with van der Waals surface area (Å²) in [5.41, 5.74) is -2.26. The van der Waals surface area contributed by atoms with Crippen LogP contribution in [0, 0.1) is 10.1 Å². The fourth-order valence-electron chi connectivity index (χ4n) is 2.21. The van der Waals surface area contributed by atoms with Crippen molar-refractivity contribution in [1.29, 1.82) is 0 Å². The SMILES string of the molecule is O=c1[nH]c(C=Cc2ccc(-c3ccc(Cl)c(Cl)c3)o2)c([N+](=O)[O-])c(=O)[nH]1. The van der Waals surface area contributed by atoms with E-state index in [9.17, 15) is 19.7 Å². The lowest BCUT2D eigenvalue weighted by Crippen LogP contribution is -2.25. The molecule has 0 saturated heterocycles. The molecule has 1 aromatic carbocycles. The Kier molecular flexibility index (Phi) is 4.79. The highest BCUT2D eigenvalue weighted by atomic mass is 35.5. The second-order valence-corrected chi connectivity index (χ2v) is 5.91. The average Bonchev–Trinajstić information content (AvgIpc) is 3.03. The number of aromatic nitrogens is 2. The second-order valence-electron chi connectivity index (χ2n) is 5.09. The normalized spacial score (nSPS) is 11.2. The molecule has 10 heteroatoms. The molecular weight excluding hydrogens is 385 g/mol. The number of H-pyrrole nitrogens is 2. The molecule has 3 aromatic rings. The zero-order valence-corrected chi connectivity index (χ0v) is 14.3. The van der Waals surface area contributed by atoms with Gasteiger partial charge in [0.15, 0.2) is 0 Å². The van der Waals surface area contributed by atoms with Crippen molar-refractivity contribution in [3.05, 3.63) is 82.8 Å². The van der Waals surface area contributed by atoms with Gasteiger partial charge in [0.05, 0.1) is 15.0 Å². The van der Waals surface area contributed by atoms with Crippen LogP contribution in [0.1, 0.15) is 11.5 Å². The number of nitrogens with zero attached hydrogens (tertiary/aromatic N) is 1. The van der Waals surface area contributed by atoms with Gasteiger partial charge in [0, 0.05) is 5.56 Å². The summed E-state index contributed by atoms with van der Waals surface area (Å²) in [6, 6.07) is 8.27. The van der Waals surface area contributed by atoms with Gasteiger partial charge in [-0.2, -0.15) is 0 Å². The number of benzene rings is 1. The fourth-order valence-corrected chi connectivity index (χ4v) is 2.51. The molecule has 0 atom stereocenters. The lowest BCUT2D eigenvalue weighted by atomic mass is 10.2. The Bertz CT molecular complexity index is 1140. The van der Waals surface area contributed by atoms with Gasteiger partial charge in [0.2, 0.25) is 0 Å². The lowest BCUT2D eigenvalue weighted by Gasteiger charge is -1.99. The summed E-state index contributed by atoms with van der Waals surface area (Å²) in [7, 11) is 0.